The number of hydrogen-bond acceptors (Lipinski definition) is 6. The Bertz CT molecular complexity index is 915. The van der Waals surface area contributed by atoms with Gasteiger partial charge in [0, 0.05) is 19.7 Å². The van der Waals surface area contributed by atoms with Gasteiger partial charge in [-0.15, -0.1) is 0 Å². The van der Waals surface area contributed by atoms with E-state index in [0.29, 0.717) is 24.6 Å². The number of aromatic nitrogens is 4. The molecule has 0 radical (unpaired) electrons. The highest BCUT2D eigenvalue weighted by atomic mass is 32.1. The monoisotopic (exact) mass is 385 g/mol. The van der Waals surface area contributed by atoms with Gasteiger partial charge in [-0.05, 0) is 47.2 Å². The molecule has 8 heteroatoms. The molecule has 0 N–H and O–H groups in total. The Morgan fingerprint density at radius 2 is 2.37 bits per heavy atom. The van der Waals surface area contributed by atoms with Crippen LogP contribution in [-0.4, -0.2) is 49.6 Å². The number of ether oxygens (including phenoxy) is 1. The summed E-state index contributed by atoms with van der Waals surface area (Å²) in [5.41, 5.74) is 2.46. The van der Waals surface area contributed by atoms with Crippen LogP contribution in [0.15, 0.2) is 29.2 Å². The average molecular weight is 385 g/mol. The number of thiophene rings is 1. The highest BCUT2D eigenvalue weighted by Crippen LogP contribution is 2.20. The van der Waals surface area contributed by atoms with Gasteiger partial charge in [0.05, 0.1) is 11.8 Å². The topological polar surface area (TPSA) is 72.6 Å². The van der Waals surface area contributed by atoms with E-state index in [1.54, 1.807) is 15.9 Å². The first-order valence-corrected chi connectivity index (χ1v) is 10.2. The molecule has 0 aliphatic carbocycles. The molecule has 142 valence electrons. The van der Waals surface area contributed by atoms with Crippen LogP contribution in [0.2, 0.25) is 0 Å². The van der Waals surface area contributed by atoms with Gasteiger partial charge in [-0.1, -0.05) is 13.8 Å². The number of rotatable bonds is 6. The van der Waals surface area contributed by atoms with Gasteiger partial charge in [-0.25, -0.2) is 9.50 Å². The molecule has 1 aliphatic rings. The lowest BCUT2D eigenvalue weighted by atomic mass is 10.1. The van der Waals surface area contributed by atoms with Crippen molar-refractivity contribution >= 4 is 23.0 Å². The molecule has 0 unspecified atom stereocenters. The fourth-order valence-corrected chi connectivity index (χ4v) is 4.03. The quantitative estimate of drug-likeness (QED) is 0.652. The third kappa shape index (κ3) is 3.86. The van der Waals surface area contributed by atoms with Crippen molar-refractivity contribution in [3.8, 4) is 0 Å². The summed E-state index contributed by atoms with van der Waals surface area (Å²) in [4.78, 5) is 23.9. The number of nitrogens with zero attached hydrogens (tertiary/aromatic N) is 5. The minimum Gasteiger partial charge on any atom is -0.376 e. The Kier molecular flexibility index (Phi) is 5.18. The first-order chi connectivity index (χ1) is 13.1. The zero-order valence-electron chi connectivity index (χ0n) is 15.5. The zero-order valence-corrected chi connectivity index (χ0v) is 16.4. The molecule has 27 heavy (non-hydrogen) atoms. The summed E-state index contributed by atoms with van der Waals surface area (Å²) in [6, 6.07) is 3.89. The van der Waals surface area contributed by atoms with Crippen LogP contribution in [0.3, 0.4) is 0 Å². The van der Waals surface area contributed by atoms with E-state index in [1.165, 1.54) is 6.33 Å². The van der Waals surface area contributed by atoms with Crippen molar-refractivity contribution in [2.45, 2.75) is 45.3 Å². The first kappa shape index (κ1) is 18.1. The molecule has 0 aromatic carbocycles. The Hall–Kier alpha value is -2.32. The highest BCUT2D eigenvalue weighted by Gasteiger charge is 2.26. The van der Waals surface area contributed by atoms with E-state index < -0.39 is 0 Å². The van der Waals surface area contributed by atoms with Crippen molar-refractivity contribution in [3.63, 3.8) is 0 Å². The smallest absolute Gasteiger partial charge is 0.273 e. The maximum absolute atomic E-state index is 13.4. The molecule has 1 atom stereocenters. The van der Waals surface area contributed by atoms with E-state index in [1.807, 2.05) is 16.3 Å². The SMILES string of the molecule is CC(C)c1cc(C(=O)N(Cc2ccsc2)C[C@H]2CCCO2)nc2ncnn12. The van der Waals surface area contributed by atoms with E-state index >= 15 is 0 Å². The predicted octanol–water partition coefficient (Wildman–Crippen LogP) is 3.13. The summed E-state index contributed by atoms with van der Waals surface area (Å²) in [5, 5.41) is 8.33. The molecule has 7 nitrogen and oxygen atoms in total. The van der Waals surface area contributed by atoms with Crippen LogP contribution in [0, 0.1) is 0 Å². The van der Waals surface area contributed by atoms with Crippen molar-refractivity contribution in [1.29, 1.82) is 0 Å². The molecular weight excluding hydrogens is 362 g/mol. The van der Waals surface area contributed by atoms with Gasteiger partial charge < -0.3 is 9.64 Å². The molecule has 1 amide bonds. The van der Waals surface area contributed by atoms with E-state index in [2.05, 4.69) is 40.4 Å². The summed E-state index contributed by atoms with van der Waals surface area (Å²) >= 11 is 1.63. The molecular formula is C19H23N5O2S. The van der Waals surface area contributed by atoms with Gasteiger partial charge in [-0.3, -0.25) is 4.79 Å². The Morgan fingerprint density at radius 3 is 3.07 bits per heavy atom. The van der Waals surface area contributed by atoms with Crippen LogP contribution >= 0.6 is 11.3 Å². The van der Waals surface area contributed by atoms with Crippen LogP contribution in [0.1, 0.15) is 54.4 Å². The number of fused-ring (bicyclic) bond motifs is 1. The Labute approximate surface area is 162 Å². The standard InChI is InChI=1S/C19H23N5O2S/c1-13(2)17-8-16(22-19-20-12-21-24(17)19)18(25)23(9-14-5-7-27-11-14)10-15-4-3-6-26-15/h5,7-8,11-13,15H,3-4,6,9-10H2,1-2H3/t15-/m1/s1. The number of amides is 1. The second kappa shape index (κ2) is 7.74. The number of hydrogen-bond donors (Lipinski definition) is 0. The van der Waals surface area contributed by atoms with Gasteiger partial charge in [0.15, 0.2) is 0 Å². The predicted molar refractivity (Wildman–Crippen MR) is 103 cm³/mol. The molecule has 1 fully saturated rings. The molecule has 0 bridgehead atoms. The summed E-state index contributed by atoms with van der Waals surface area (Å²) in [6.07, 6.45) is 3.60. The molecule has 0 saturated carbocycles. The molecule has 3 aromatic rings. The minimum atomic E-state index is -0.0934. The molecule has 3 aromatic heterocycles. The highest BCUT2D eigenvalue weighted by molar-refractivity contribution is 7.07. The summed E-state index contributed by atoms with van der Waals surface area (Å²) < 4.78 is 7.47. The Balaban J connectivity index is 1.66. The number of carbonyl (C=O) groups excluding carboxylic acids is 1. The molecule has 1 saturated heterocycles. The van der Waals surface area contributed by atoms with Gasteiger partial charge in [0.1, 0.15) is 12.0 Å². The van der Waals surface area contributed by atoms with Crippen molar-refractivity contribution in [1.82, 2.24) is 24.5 Å². The van der Waals surface area contributed by atoms with E-state index in [-0.39, 0.29) is 17.9 Å². The third-order valence-electron chi connectivity index (χ3n) is 4.78. The largest absolute Gasteiger partial charge is 0.376 e. The summed E-state index contributed by atoms with van der Waals surface area (Å²) in [6.45, 7) is 6.04. The van der Waals surface area contributed by atoms with Crippen LogP contribution in [0.4, 0.5) is 0 Å². The second-order valence-corrected chi connectivity index (χ2v) is 7.93. The molecule has 0 spiro atoms. The fourth-order valence-electron chi connectivity index (χ4n) is 3.37. The maximum atomic E-state index is 13.4. The first-order valence-electron chi connectivity index (χ1n) is 9.24. The van der Waals surface area contributed by atoms with Crippen LogP contribution in [0.25, 0.3) is 5.78 Å². The van der Waals surface area contributed by atoms with Gasteiger partial charge >= 0.3 is 0 Å². The molecule has 1 aliphatic heterocycles. The maximum Gasteiger partial charge on any atom is 0.273 e. The average Bonchev–Trinajstić information content (AvgIpc) is 3.41. The summed E-state index contributed by atoms with van der Waals surface area (Å²) in [5.74, 6) is 0.563. The van der Waals surface area contributed by atoms with Crippen molar-refractivity contribution < 1.29 is 9.53 Å². The van der Waals surface area contributed by atoms with Crippen LogP contribution < -0.4 is 0 Å². The van der Waals surface area contributed by atoms with E-state index in [0.717, 1.165) is 30.7 Å². The fraction of sp³-hybridized carbons (Fsp3) is 0.474. The van der Waals surface area contributed by atoms with Crippen LogP contribution in [-0.2, 0) is 11.3 Å². The van der Waals surface area contributed by atoms with Crippen molar-refractivity contribution in [3.05, 3.63) is 46.2 Å². The molecule has 4 rings (SSSR count). The van der Waals surface area contributed by atoms with Gasteiger partial charge in [-0.2, -0.15) is 21.4 Å². The summed E-state index contributed by atoms with van der Waals surface area (Å²) in [7, 11) is 0. The van der Waals surface area contributed by atoms with Gasteiger partial charge in [0.25, 0.3) is 11.7 Å². The normalized spacial score (nSPS) is 17.1. The molecule has 4 heterocycles. The third-order valence-corrected chi connectivity index (χ3v) is 5.51. The second-order valence-electron chi connectivity index (χ2n) is 7.15. The minimum absolute atomic E-state index is 0.0916. The lowest BCUT2D eigenvalue weighted by Crippen LogP contribution is -2.37. The van der Waals surface area contributed by atoms with E-state index in [4.69, 9.17) is 4.74 Å². The lowest BCUT2D eigenvalue weighted by Gasteiger charge is -2.25. The lowest BCUT2D eigenvalue weighted by molar-refractivity contribution is 0.0503. The van der Waals surface area contributed by atoms with Gasteiger partial charge in [0.2, 0.25) is 0 Å². The van der Waals surface area contributed by atoms with Crippen molar-refractivity contribution in [2.75, 3.05) is 13.2 Å². The zero-order chi connectivity index (χ0) is 18.8. The van der Waals surface area contributed by atoms with Crippen molar-refractivity contribution in [2.24, 2.45) is 0 Å². The Morgan fingerprint density at radius 1 is 1.48 bits per heavy atom. The van der Waals surface area contributed by atoms with Crippen LogP contribution in [0.5, 0.6) is 0 Å². The van der Waals surface area contributed by atoms with E-state index in [9.17, 15) is 4.79 Å². The number of carbonyl (C=O) groups is 1.